The average molecular weight is 317 g/mol. The Hall–Kier alpha value is -3.29. The Morgan fingerprint density at radius 3 is 2.74 bits per heavy atom. The molecule has 2 aromatic carbocycles. The Morgan fingerprint density at radius 2 is 2.04 bits per heavy atom. The van der Waals surface area contributed by atoms with E-state index in [9.17, 15) is 19.3 Å². The predicted molar refractivity (Wildman–Crippen MR) is 80.7 cm³/mol. The van der Waals surface area contributed by atoms with Crippen LogP contribution in [-0.2, 0) is 4.79 Å². The van der Waals surface area contributed by atoms with Crippen molar-refractivity contribution in [2.75, 3.05) is 6.61 Å². The molecule has 0 aliphatic carbocycles. The molecule has 0 unspecified atom stereocenters. The van der Waals surface area contributed by atoms with Gasteiger partial charge in [-0.1, -0.05) is 18.2 Å². The molecule has 0 radical (unpaired) electrons. The van der Waals surface area contributed by atoms with Gasteiger partial charge in [0, 0.05) is 6.07 Å². The predicted octanol–water partition coefficient (Wildman–Crippen LogP) is 2.26. The molecule has 0 heterocycles. The fourth-order valence-electron chi connectivity index (χ4n) is 1.60. The second-order valence-electron chi connectivity index (χ2n) is 4.39. The van der Waals surface area contributed by atoms with Crippen molar-refractivity contribution in [1.29, 1.82) is 0 Å². The first-order valence-corrected chi connectivity index (χ1v) is 6.49. The highest BCUT2D eigenvalue weighted by Gasteiger charge is 2.07. The number of hydrazone groups is 1. The fraction of sp³-hybridized carbons (Fsp3) is 0.0667. The second-order valence-corrected chi connectivity index (χ2v) is 4.39. The summed E-state index contributed by atoms with van der Waals surface area (Å²) in [5, 5.41) is 14.3. The molecule has 0 aliphatic rings. The highest BCUT2D eigenvalue weighted by molar-refractivity contribution is 5.82. The molecule has 23 heavy (non-hydrogen) atoms. The van der Waals surface area contributed by atoms with Crippen molar-refractivity contribution < 1.29 is 18.8 Å². The normalized spacial score (nSPS) is 10.5. The molecule has 0 saturated heterocycles. The van der Waals surface area contributed by atoms with Crippen LogP contribution in [0.2, 0.25) is 0 Å². The smallest absolute Gasteiger partial charge is 0.277 e. The standard InChI is InChI=1S/C15H12FN3O4/c16-12-6-4-11(5-7-12)9-17-18-15(20)10-23-14-3-1-2-13(8-14)19(21)22/h1-9H,10H2,(H,18,20)/b17-9+. The van der Waals surface area contributed by atoms with Crippen molar-refractivity contribution in [3.63, 3.8) is 0 Å². The van der Waals surface area contributed by atoms with Crippen LogP contribution in [0.25, 0.3) is 0 Å². The number of ether oxygens (including phenoxy) is 1. The zero-order valence-electron chi connectivity index (χ0n) is 11.8. The number of carbonyl (C=O) groups excluding carboxylic acids is 1. The third-order valence-electron chi connectivity index (χ3n) is 2.67. The first-order valence-electron chi connectivity index (χ1n) is 6.49. The molecule has 0 atom stereocenters. The molecule has 2 aromatic rings. The summed E-state index contributed by atoms with van der Waals surface area (Å²) < 4.78 is 17.8. The van der Waals surface area contributed by atoms with Gasteiger partial charge in [-0.15, -0.1) is 0 Å². The van der Waals surface area contributed by atoms with Gasteiger partial charge in [-0.25, -0.2) is 9.82 Å². The highest BCUT2D eigenvalue weighted by atomic mass is 19.1. The van der Waals surface area contributed by atoms with E-state index in [0.717, 1.165) is 0 Å². The second kappa shape index (κ2) is 7.64. The lowest BCUT2D eigenvalue weighted by atomic mass is 10.2. The molecule has 1 amide bonds. The molecule has 0 aromatic heterocycles. The summed E-state index contributed by atoms with van der Waals surface area (Å²) in [6, 6.07) is 11.0. The van der Waals surface area contributed by atoms with Crippen LogP contribution in [0.3, 0.4) is 0 Å². The van der Waals surface area contributed by atoms with Gasteiger partial charge in [0.15, 0.2) is 6.61 Å². The van der Waals surface area contributed by atoms with E-state index in [2.05, 4.69) is 10.5 Å². The van der Waals surface area contributed by atoms with Gasteiger partial charge < -0.3 is 4.74 Å². The lowest BCUT2D eigenvalue weighted by Gasteiger charge is -2.04. The molecule has 0 fully saturated rings. The summed E-state index contributed by atoms with van der Waals surface area (Å²) in [4.78, 5) is 21.6. The van der Waals surface area contributed by atoms with Crippen LogP contribution < -0.4 is 10.2 Å². The van der Waals surface area contributed by atoms with Crippen molar-refractivity contribution in [2.45, 2.75) is 0 Å². The summed E-state index contributed by atoms with van der Waals surface area (Å²) in [7, 11) is 0. The molecule has 8 heteroatoms. The number of nitro groups is 1. The summed E-state index contributed by atoms with van der Waals surface area (Å²) in [6.07, 6.45) is 1.35. The number of nitrogens with zero attached hydrogens (tertiary/aromatic N) is 2. The summed E-state index contributed by atoms with van der Waals surface area (Å²) in [5.41, 5.74) is 2.72. The monoisotopic (exact) mass is 317 g/mol. The van der Waals surface area contributed by atoms with Crippen molar-refractivity contribution in [1.82, 2.24) is 5.43 Å². The van der Waals surface area contributed by atoms with E-state index in [4.69, 9.17) is 4.74 Å². The topological polar surface area (TPSA) is 93.8 Å². The Labute approximate surface area is 130 Å². The van der Waals surface area contributed by atoms with Crippen LogP contribution in [0.4, 0.5) is 10.1 Å². The van der Waals surface area contributed by atoms with E-state index in [1.807, 2.05) is 0 Å². The number of halogens is 1. The largest absolute Gasteiger partial charge is 0.483 e. The van der Waals surface area contributed by atoms with Crippen LogP contribution >= 0.6 is 0 Å². The number of hydrogen-bond donors (Lipinski definition) is 1. The van der Waals surface area contributed by atoms with Crippen LogP contribution in [-0.4, -0.2) is 23.7 Å². The van der Waals surface area contributed by atoms with E-state index in [-0.39, 0.29) is 23.9 Å². The van der Waals surface area contributed by atoms with Gasteiger partial charge in [0.05, 0.1) is 17.2 Å². The van der Waals surface area contributed by atoms with Gasteiger partial charge in [0.25, 0.3) is 11.6 Å². The molecule has 0 bridgehead atoms. The van der Waals surface area contributed by atoms with E-state index in [0.29, 0.717) is 5.56 Å². The zero-order chi connectivity index (χ0) is 16.7. The number of amides is 1. The van der Waals surface area contributed by atoms with Crippen molar-refractivity contribution >= 4 is 17.8 Å². The molecule has 0 saturated carbocycles. The number of benzene rings is 2. The maximum Gasteiger partial charge on any atom is 0.277 e. The number of rotatable bonds is 6. The molecule has 118 valence electrons. The third-order valence-corrected chi connectivity index (χ3v) is 2.67. The van der Waals surface area contributed by atoms with Crippen LogP contribution in [0, 0.1) is 15.9 Å². The quantitative estimate of drug-likeness (QED) is 0.502. The minimum Gasteiger partial charge on any atom is -0.483 e. The van der Waals surface area contributed by atoms with Crippen molar-refractivity contribution in [2.24, 2.45) is 5.10 Å². The van der Waals surface area contributed by atoms with Gasteiger partial charge in [0.1, 0.15) is 11.6 Å². The summed E-state index contributed by atoms with van der Waals surface area (Å²) >= 11 is 0. The molecule has 0 spiro atoms. The number of nitrogens with one attached hydrogen (secondary N) is 1. The van der Waals surface area contributed by atoms with Crippen molar-refractivity contribution in [3.8, 4) is 5.75 Å². The third kappa shape index (κ3) is 5.20. The number of non-ortho nitro benzene ring substituents is 1. The first kappa shape index (κ1) is 16.1. The Balaban J connectivity index is 1.82. The Bertz CT molecular complexity index is 732. The minimum atomic E-state index is -0.556. The van der Waals surface area contributed by atoms with E-state index in [1.165, 1.54) is 54.7 Å². The lowest BCUT2D eigenvalue weighted by molar-refractivity contribution is -0.384. The van der Waals surface area contributed by atoms with E-state index < -0.39 is 10.8 Å². The summed E-state index contributed by atoms with van der Waals surface area (Å²) in [6.45, 7) is -0.345. The molecular formula is C15H12FN3O4. The van der Waals surface area contributed by atoms with Gasteiger partial charge >= 0.3 is 0 Å². The number of carbonyl (C=O) groups is 1. The molecule has 1 N–H and O–H groups in total. The van der Waals surface area contributed by atoms with Crippen molar-refractivity contribution in [3.05, 3.63) is 70.0 Å². The Kier molecular flexibility index (Phi) is 5.35. The maximum atomic E-state index is 12.7. The van der Waals surface area contributed by atoms with E-state index >= 15 is 0 Å². The maximum absolute atomic E-state index is 12.7. The van der Waals surface area contributed by atoms with Gasteiger partial charge in [-0.3, -0.25) is 14.9 Å². The molecular weight excluding hydrogens is 305 g/mol. The molecule has 0 aliphatic heterocycles. The van der Waals surface area contributed by atoms with Crippen LogP contribution in [0.15, 0.2) is 53.6 Å². The van der Waals surface area contributed by atoms with Crippen LogP contribution in [0.1, 0.15) is 5.56 Å². The van der Waals surface area contributed by atoms with Gasteiger partial charge in [0.2, 0.25) is 0 Å². The van der Waals surface area contributed by atoms with Crippen LogP contribution in [0.5, 0.6) is 5.75 Å². The molecule has 2 rings (SSSR count). The minimum absolute atomic E-state index is 0.128. The fourth-order valence-corrected chi connectivity index (χ4v) is 1.60. The van der Waals surface area contributed by atoms with Gasteiger partial charge in [-0.05, 0) is 23.8 Å². The SMILES string of the molecule is O=C(COc1cccc([N+](=O)[O-])c1)N/N=C/c1ccc(F)cc1. The van der Waals surface area contributed by atoms with Gasteiger partial charge in [-0.2, -0.15) is 5.10 Å². The van der Waals surface area contributed by atoms with E-state index in [1.54, 1.807) is 0 Å². The summed E-state index contributed by atoms with van der Waals surface area (Å²) in [5.74, 6) is -0.691. The highest BCUT2D eigenvalue weighted by Crippen LogP contribution is 2.18. The molecule has 7 nitrogen and oxygen atoms in total. The number of hydrogen-bond acceptors (Lipinski definition) is 5. The zero-order valence-corrected chi connectivity index (χ0v) is 11.8. The lowest BCUT2D eigenvalue weighted by Crippen LogP contribution is -2.24. The average Bonchev–Trinajstić information content (AvgIpc) is 2.55. The first-order chi connectivity index (χ1) is 11.0. The Morgan fingerprint density at radius 1 is 1.30 bits per heavy atom. The number of nitro benzene ring substituents is 1.